The number of hydrogen-bond acceptors (Lipinski definition) is 2. The quantitative estimate of drug-likeness (QED) is 0.553. The monoisotopic (exact) mass is 143 g/mol. The van der Waals surface area contributed by atoms with E-state index in [0.717, 1.165) is 0 Å². The molecule has 0 aromatic rings. The van der Waals surface area contributed by atoms with Crippen LogP contribution in [-0.4, -0.2) is 75.7 Å². The Morgan fingerprint density at radius 2 is 2.25 bits per heavy atom. The maximum Gasteiger partial charge on any atom is 0.329 e. The molecule has 0 fully saturated rings. The molecule has 0 saturated heterocycles. The third kappa shape index (κ3) is 10.1. The van der Waals surface area contributed by atoms with E-state index in [9.17, 15) is 4.79 Å². The van der Waals surface area contributed by atoms with E-state index < -0.39 is 5.97 Å². The number of aliphatic carboxylic acids is 1. The van der Waals surface area contributed by atoms with E-state index in [4.69, 9.17) is 5.11 Å². The number of carboxylic acid groups (broad SMARTS) is 1. The molecule has 0 unspecified atom stereocenters. The van der Waals surface area contributed by atoms with Crippen molar-refractivity contribution in [3.8, 4) is 0 Å². The molecule has 0 aromatic carbocycles. The zero-order valence-corrected chi connectivity index (χ0v) is 8.30. The van der Waals surface area contributed by atoms with Gasteiger partial charge in [0.15, 0.2) is 0 Å². The zero-order valence-electron chi connectivity index (χ0n) is 5.18. The molecule has 0 rings (SSSR count). The number of ether oxygens (including phenoxy) is 1. The first kappa shape index (κ1) is 11.8. The van der Waals surface area contributed by atoms with Crippen LogP contribution in [0.4, 0.5) is 0 Å². The third-order valence-corrected chi connectivity index (χ3v) is 0.430. The van der Waals surface area contributed by atoms with Crippen molar-refractivity contribution in [2.24, 2.45) is 0 Å². The summed E-state index contributed by atoms with van der Waals surface area (Å²) in [5.41, 5.74) is 0. The molecule has 1 radical (unpaired) electrons. The van der Waals surface area contributed by atoms with E-state index >= 15 is 0 Å². The number of hydrogen-bond donors (Lipinski definition) is 1. The van der Waals surface area contributed by atoms with Gasteiger partial charge in [0.2, 0.25) is 0 Å². The predicted octanol–water partition coefficient (Wildman–Crippen LogP) is -0.273. The number of carboxylic acids is 1. The average Bonchev–Trinajstić information content (AvgIpc) is 1.61. The number of carbonyl (C=O) groups is 1. The van der Waals surface area contributed by atoms with E-state index in [2.05, 4.69) is 4.74 Å². The predicted molar refractivity (Wildman–Crippen MR) is 29.9 cm³/mol. The first-order valence-corrected chi connectivity index (χ1v) is 2.07. The Kier molecular flexibility index (Phi) is 11.9. The second-order valence-electron chi connectivity index (χ2n) is 1.03. The standard InChI is InChI=1S/C4H8O3.K/c1-2-7-3-4(5)6;/h2-3H2,1H3,(H,5,6);. The first-order valence-electron chi connectivity index (χ1n) is 2.07. The van der Waals surface area contributed by atoms with Crippen LogP contribution < -0.4 is 0 Å². The average molecular weight is 143 g/mol. The molecule has 0 aromatic heterocycles. The fourth-order valence-electron chi connectivity index (χ4n) is 0.189. The summed E-state index contributed by atoms with van der Waals surface area (Å²) >= 11 is 0. The molecule has 43 valence electrons. The van der Waals surface area contributed by atoms with E-state index in [1.54, 1.807) is 6.92 Å². The van der Waals surface area contributed by atoms with Gasteiger partial charge in [-0.2, -0.15) is 0 Å². The van der Waals surface area contributed by atoms with Gasteiger partial charge in [-0.3, -0.25) is 0 Å². The fourth-order valence-corrected chi connectivity index (χ4v) is 0.189. The van der Waals surface area contributed by atoms with Gasteiger partial charge in [0.05, 0.1) is 0 Å². The Labute approximate surface area is 90.8 Å². The molecule has 0 bridgehead atoms. The molecule has 0 amide bonds. The molecule has 0 aliphatic carbocycles. The SMILES string of the molecule is CCOCC(=O)O.[K]. The largest absolute Gasteiger partial charge is 0.480 e. The van der Waals surface area contributed by atoms with Gasteiger partial charge in [0.25, 0.3) is 0 Å². The Hall–Kier alpha value is 1.07. The van der Waals surface area contributed by atoms with Crippen molar-refractivity contribution in [2.45, 2.75) is 6.92 Å². The third-order valence-electron chi connectivity index (χ3n) is 0.430. The number of rotatable bonds is 3. The fraction of sp³-hybridized carbons (Fsp3) is 0.750. The molecule has 0 aliphatic heterocycles. The van der Waals surface area contributed by atoms with Gasteiger partial charge in [-0.05, 0) is 6.92 Å². The Morgan fingerprint density at radius 3 is 2.38 bits per heavy atom. The van der Waals surface area contributed by atoms with E-state index in [1.165, 1.54) is 0 Å². The van der Waals surface area contributed by atoms with Crippen LogP contribution in [0, 0.1) is 0 Å². The van der Waals surface area contributed by atoms with Crippen molar-refractivity contribution in [3.05, 3.63) is 0 Å². The smallest absolute Gasteiger partial charge is 0.329 e. The van der Waals surface area contributed by atoms with Gasteiger partial charge in [-0.15, -0.1) is 0 Å². The Bertz CT molecular complexity index is 64.3. The molecule has 1 N–H and O–H groups in total. The molecule has 0 aliphatic rings. The summed E-state index contributed by atoms with van der Waals surface area (Å²) in [6, 6.07) is 0. The molecule has 0 atom stereocenters. The molecule has 0 spiro atoms. The molecular formula is C4H8KO3. The minimum atomic E-state index is -0.915. The minimum Gasteiger partial charge on any atom is -0.480 e. The first-order chi connectivity index (χ1) is 3.27. The maximum atomic E-state index is 9.63. The zero-order chi connectivity index (χ0) is 5.70. The van der Waals surface area contributed by atoms with Crippen LogP contribution in [0.15, 0.2) is 0 Å². The second kappa shape index (κ2) is 8.07. The summed E-state index contributed by atoms with van der Waals surface area (Å²) < 4.78 is 4.50. The van der Waals surface area contributed by atoms with E-state index in [1.807, 2.05) is 0 Å². The molecule has 8 heavy (non-hydrogen) atoms. The van der Waals surface area contributed by atoms with Crippen LogP contribution in [0.2, 0.25) is 0 Å². The van der Waals surface area contributed by atoms with E-state index in [0.29, 0.717) is 6.61 Å². The van der Waals surface area contributed by atoms with Crippen molar-refractivity contribution < 1.29 is 14.6 Å². The minimum absolute atomic E-state index is 0. The van der Waals surface area contributed by atoms with Crippen LogP contribution in [-0.2, 0) is 9.53 Å². The van der Waals surface area contributed by atoms with Gasteiger partial charge in [-0.1, -0.05) is 0 Å². The van der Waals surface area contributed by atoms with Gasteiger partial charge >= 0.3 is 5.97 Å². The summed E-state index contributed by atoms with van der Waals surface area (Å²) in [5.74, 6) is -0.915. The van der Waals surface area contributed by atoms with Crippen molar-refractivity contribution in [1.82, 2.24) is 0 Å². The van der Waals surface area contributed by atoms with Crippen LogP contribution >= 0.6 is 0 Å². The molecular weight excluding hydrogens is 135 g/mol. The van der Waals surface area contributed by atoms with Crippen molar-refractivity contribution >= 4 is 57.4 Å². The second-order valence-corrected chi connectivity index (χ2v) is 1.03. The van der Waals surface area contributed by atoms with Gasteiger partial charge in [0.1, 0.15) is 6.61 Å². The summed E-state index contributed by atoms with van der Waals surface area (Å²) in [6.45, 7) is 2.03. The van der Waals surface area contributed by atoms with Crippen molar-refractivity contribution in [3.63, 3.8) is 0 Å². The van der Waals surface area contributed by atoms with Crippen LogP contribution in [0.25, 0.3) is 0 Å². The molecule has 0 saturated carbocycles. The Balaban J connectivity index is 0. The molecule has 0 heterocycles. The van der Waals surface area contributed by atoms with Gasteiger partial charge in [-0.25, -0.2) is 4.79 Å². The van der Waals surface area contributed by atoms with Crippen LogP contribution in [0.3, 0.4) is 0 Å². The molecule has 4 heteroatoms. The Morgan fingerprint density at radius 1 is 1.75 bits per heavy atom. The normalized spacial score (nSPS) is 7.62. The topological polar surface area (TPSA) is 46.5 Å². The molecule has 3 nitrogen and oxygen atoms in total. The summed E-state index contributed by atoms with van der Waals surface area (Å²) in [7, 11) is 0. The van der Waals surface area contributed by atoms with Crippen LogP contribution in [0.1, 0.15) is 6.92 Å². The van der Waals surface area contributed by atoms with Crippen molar-refractivity contribution in [1.29, 1.82) is 0 Å². The van der Waals surface area contributed by atoms with Gasteiger partial charge < -0.3 is 9.84 Å². The summed E-state index contributed by atoms with van der Waals surface area (Å²) in [4.78, 5) is 9.63. The van der Waals surface area contributed by atoms with Crippen molar-refractivity contribution in [2.75, 3.05) is 13.2 Å². The maximum absolute atomic E-state index is 9.63. The van der Waals surface area contributed by atoms with Crippen LogP contribution in [0.5, 0.6) is 0 Å². The summed E-state index contributed by atoms with van der Waals surface area (Å²) in [6.07, 6.45) is 0. The van der Waals surface area contributed by atoms with E-state index in [-0.39, 0.29) is 58.0 Å². The summed E-state index contributed by atoms with van der Waals surface area (Å²) in [5, 5.41) is 7.92. The van der Waals surface area contributed by atoms with Gasteiger partial charge in [0, 0.05) is 58.0 Å².